The van der Waals surface area contributed by atoms with E-state index in [0.29, 0.717) is 5.92 Å². The van der Waals surface area contributed by atoms with E-state index in [2.05, 4.69) is 39.0 Å². The normalized spacial score (nSPS) is 12.1. The molecule has 2 aromatic carbocycles. The maximum atomic E-state index is 12.5. The minimum atomic E-state index is 0.0646. The molecule has 0 fully saturated rings. The Kier molecular flexibility index (Phi) is 8.08. The Hall–Kier alpha value is -2.41. The van der Waals surface area contributed by atoms with Gasteiger partial charge in [-0.3, -0.25) is 4.79 Å². The van der Waals surface area contributed by atoms with Crippen molar-refractivity contribution in [3.05, 3.63) is 89.0 Å². The van der Waals surface area contributed by atoms with Crippen LogP contribution in [0.25, 0.3) is 6.08 Å². The van der Waals surface area contributed by atoms with Crippen molar-refractivity contribution in [2.24, 2.45) is 0 Å². The second kappa shape index (κ2) is 10.6. The molecule has 0 saturated carbocycles. The molecule has 1 nitrogen and oxygen atoms in total. The SMILES string of the molecule is CCCCCC(=C/c1ccccc1)/C=C/C(=O)c1ccc(C(C)C)cc1. The van der Waals surface area contributed by atoms with Crippen molar-refractivity contribution in [1.29, 1.82) is 0 Å². The zero-order valence-electron chi connectivity index (χ0n) is 16.2. The van der Waals surface area contributed by atoms with Crippen molar-refractivity contribution >= 4 is 11.9 Å². The standard InChI is InChI=1S/C25H30O/c1-4-5-7-10-22(19-21-11-8-6-9-12-21)13-18-25(26)24-16-14-23(15-17-24)20(2)3/h6,8-9,11-20H,4-5,7,10H2,1-3H3/b18-13+,22-19-. The van der Waals surface area contributed by atoms with Crippen molar-refractivity contribution < 1.29 is 4.79 Å². The Bertz CT molecular complexity index is 733. The molecule has 136 valence electrons. The minimum absolute atomic E-state index is 0.0646. The van der Waals surface area contributed by atoms with E-state index in [1.54, 1.807) is 6.08 Å². The molecule has 0 heterocycles. The summed E-state index contributed by atoms with van der Waals surface area (Å²) in [6.07, 6.45) is 10.4. The number of allylic oxidation sites excluding steroid dienone is 3. The number of hydrogen-bond acceptors (Lipinski definition) is 1. The summed E-state index contributed by atoms with van der Waals surface area (Å²) in [6, 6.07) is 18.3. The van der Waals surface area contributed by atoms with Gasteiger partial charge in [0.2, 0.25) is 0 Å². The summed E-state index contributed by atoms with van der Waals surface area (Å²) >= 11 is 0. The second-order valence-electron chi connectivity index (χ2n) is 7.06. The zero-order valence-corrected chi connectivity index (χ0v) is 16.2. The third-order valence-electron chi connectivity index (χ3n) is 4.53. The van der Waals surface area contributed by atoms with Gasteiger partial charge in [0.05, 0.1) is 0 Å². The van der Waals surface area contributed by atoms with Gasteiger partial charge < -0.3 is 0 Å². The quantitative estimate of drug-likeness (QED) is 0.203. The van der Waals surface area contributed by atoms with Crippen LogP contribution >= 0.6 is 0 Å². The molecule has 0 unspecified atom stereocenters. The minimum Gasteiger partial charge on any atom is -0.289 e. The van der Waals surface area contributed by atoms with Gasteiger partial charge in [-0.05, 0) is 41.5 Å². The monoisotopic (exact) mass is 346 g/mol. The van der Waals surface area contributed by atoms with E-state index in [-0.39, 0.29) is 5.78 Å². The van der Waals surface area contributed by atoms with Gasteiger partial charge in [0, 0.05) is 5.56 Å². The van der Waals surface area contributed by atoms with Gasteiger partial charge >= 0.3 is 0 Å². The van der Waals surface area contributed by atoms with Crippen LogP contribution < -0.4 is 0 Å². The molecule has 0 radical (unpaired) electrons. The largest absolute Gasteiger partial charge is 0.289 e. The van der Waals surface area contributed by atoms with E-state index in [4.69, 9.17) is 0 Å². The molecule has 1 heteroatoms. The molecular weight excluding hydrogens is 316 g/mol. The maximum absolute atomic E-state index is 12.5. The molecule has 0 bridgehead atoms. The Balaban J connectivity index is 2.12. The molecule has 0 aliphatic heterocycles. The van der Waals surface area contributed by atoms with Crippen molar-refractivity contribution in [3.63, 3.8) is 0 Å². The lowest BCUT2D eigenvalue weighted by atomic mass is 9.99. The van der Waals surface area contributed by atoms with E-state index in [1.165, 1.54) is 29.5 Å². The first-order chi connectivity index (χ1) is 12.6. The predicted molar refractivity (Wildman–Crippen MR) is 113 cm³/mol. The lowest BCUT2D eigenvalue weighted by molar-refractivity contribution is 0.104. The van der Waals surface area contributed by atoms with Gasteiger partial charge in [0.15, 0.2) is 5.78 Å². The van der Waals surface area contributed by atoms with Gasteiger partial charge in [-0.25, -0.2) is 0 Å². The van der Waals surface area contributed by atoms with E-state index in [1.807, 2.05) is 48.5 Å². The van der Waals surface area contributed by atoms with Crippen LogP contribution in [0.4, 0.5) is 0 Å². The molecule has 2 aromatic rings. The first-order valence-corrected chi connectivity index (χ1v) is 9.68. The third kappa shape index (κ3) is 6.48. The van der Waals surface area contributed by atoms with E-state index < -0.39 is 0 Å². The molecule has 0 aliphatic rings. The summed E-state index contributed by atoms with van der Waals surface area (Å²) in [5.74, 6) is 0.545. The summed E-state index contributed by atoms with van der Waals surface area (Å²) < 4.78 is 0. The van der Waals surface area contributed by atoms with Gasteiger partial charge in [-0.15, -0.1) is 0 Å². The number of rotatable bonds is 9. The molecule has 0 aliphatic carbocycles. The summed E-state index contributed by atoms with van der Waals surface area (Å²) in [6.45, 7) is 6.53. The Morgan fingerprint density at radius 3 is 2.23 bits per heavy atom. The molecule has 2 rings (SSSR count). The van der Waals surface area contributed by atoms with E-state index in [0.717, 1.165) is 18.4 Å². The van der Waals surface area contributed by atoms with Crippen LogP contribution in [0.5, 0.6) is 0 Å². The summed E-state index contributed by atoms with van der Waals surface area (Å²) in [4.78, 5) is 12.5. The average molecular weight is 347 g/mol. The van der Waals surface area contributed by atoms with Crippen LogP contribution in [0, 0.1) is 0 Å². The Labute approximate surface area is 158 Å². The molecule has 26 heavy (non-hydrogen) atoms. The van der Waals surface area contributed by atoms with Crippen LogP contribution in [0.2, 0.25) is 0 Å². The predicted octanol–water partition coefficient (Wildman–Crippen LogP) is 7.21. The Morgan fingerprint density at radius 2 is 1.62 bits per heavy atom. The number of carbonyl (C=O) groups excluding carboxylic acids is 1. The lowest BCUT2D eigenvalue weighted by Crippen LogP contribution is -1.96. The van der Waals surface area contributed by atoms with Crippen LogP contribution in [0.15, 0.2) is 72.3 Å². The van der Waals surface area contributed by atoms with Crippen molar-refractivity contribution in [2.45, 2.75) is 52.4 Å². The van der Waals surface area contributed by atoms with Gasteiger partial charge in [-0.2, -0.15) is 0 Å². The smallest absolute Gasteiger partial charge is 0.185 e. The highest BCUT2D eigenvalue weighted by Crippen LogP contribution is 2.17. The van der Waals surface area contributed by atoms with Crippen LogP contribution in [0.1, 0.15) is 73.9 Å². The topological polar surface area (TPSA) is 17.1 Å². The summed E-state index contributed by atoms with van der Waals surface area (Å²) in [5, 5.41) is 0. The van der Waals surface area contributed by atoms with Crippen LogP contribution in [0.3, 0.4) is 0 Å². The molecular formula is C25H30O. The van der Waals surface area contributed by atoms with Crippen LogP contribution in [-0.4, -0.2) is 5.78 Å². The summed E-state index contributed by atoms with van der Waals surface area (Å²) in [7, 11) is 0. The molecule has 0 aromatic heterocycles. The molecule has 0 N–H and O–H groups in total. The van der Waals surface area contributed by atoms with Gasteiger partial charge in [-0.1, -0.05) is 100 Å². The van der Waals surface area contributed by atoms with Crippen molar-refractivity contribution in [3.8, 4) is 0 Å². The molecule has 0 spiro atoms. The highest BCUT2D eigenvalue weighted by molar-refractivity contribution is 6.04. The molecule has 0 atom stereocenters. The number of benzene rings is 2. The number of ketones is 1. The van der Waals surface area contributed by atoms with Crippen molar-refractivity contribution in [2.75, 3.05) is 0 Å². The molecule has 0 amide bonds. The first kappa shape index (κ1) is 19.9. The number of hydrogen-bond donors (Lipinski definition) is 0. The Morgan fingerprint density at radius 1 is 0.923 bits per heavy atom. The van der Waals surface area contributed by atoms with E-state index in [9.17, 15) is 4.79 Å². The number of carbonyl (C=O) groups is 1. The highest BCUT2D eigenvalue weighted by atomic mass is 16.1. The number of unbranched alkanes of at least 4 members (excludes halogenated alkanes) is 2. The van der Waals surface area contributed by atoms with Gasteiger partial charge in [0.1, 0.15) is 0 Å². The zero-order chi connectivity index (χ0) is 18.8. The summed E-state index contributed by atoms with van der Waals surface area (Å²) in [5.41, 5.74) is 4.39. The average Bonchev–Trinajstić information content (AvgIpc) is 2.66. The fraction of sp³-hybridized carbons (Fsp3) is 0.320. The second-order valence-corrected chi connectivity index (χ2v) is 7.06. The fourth-order valence-electron chi connectivity index (χ4n) is 2.86. The van der Waals surface area contributed by atoms with Crippen LogP contribution in [-0.2, 0) is 0 Å². The van der Waals surface area contributed by atoms with Gasteiger partial charge in [0.25, 0.3) is 0 Å². The third-order valence-corrected chi connectivity index (χ3v) is 4.53. The first-order valence-electron chi connectivity index (χ1n) is 9.68. The lowest BCUT2D eigenvalue weighted by Gasteiger charge is -2.05. The highest BCUT2D eigenvalue weighted by Gasteiger charge is 2.04. The fourth-order valence-corrected chi connectivity index (χ4v) is 2.86. The van der Waals surface area contributed by atoms with Crippen molar-refractivity contribution in [1.82, 2.24) is 0 Å². The maximum Gasteiger partial charge on any atom is 0.185 e. The van der Waals surface area contributed by atoms with E-state index >= 15 is 0 Å². The molecule has 0 saturated heterocycles.